The highest BCUT2D eigenvalue weighted by molar-refractivity contribution is 5.01. The molecule has 2 heteroatoms. The fourth-order valence-corrected chi connectivity index (χ4v) is 2.95. The van der Waals surface area contributed by atoms with Crippen LogP contribution in [0.15, 0.2) is 0 Å². The molecule has 0 aliphatic heterocycles. The Balaban J connectivity index is 1.70. The summed E-state index contributed by atoms with van der Waals surface area (Å²) in [7, 11) is 0. The van der Waals surface area contributed by atoms with E-state index in [0.29, 0.717) is 6.04 Å². The lowest BCUT2D eigenvalue weighted by Gasteiger charge is -2.50. The summed E-state index contributed by atoms with van der Waals surface area (Å²) in [5, 5.41) is 13.3. The van der Waals surface area contributed by atoms with Gasteiger partial charge in [-0.05, 0) is 31.7 Å². The van der Waals surface area contributed by atoms with Gasteiger partial charge in [0.2, 0.25) is 0 Å². The monoisotopic (exact) mass is 211 g/mol. The SMILES string of the molecule is CC1(C)C(O)CC1NCC1CCCCC1. The summed E-state index contributed by atoms with van der Waals surface area (Å²) in [5.41, 5.74) is 0.0919. The molecular weight excluding hydrogens is 186 g/mol. The van der Waals surface area contributed by atoms with Crippen LogP contribution in [0.1, 0.15) is 52.4 Å². The van der Waals surface area contributed by atoms with E-state index in [4.69, 9.17) is 0 Å². The van der Waals surface area contributed by atoms with Crippen molar-refractivity contribution in [1.82, 2.24) is 5.32 Å². The molecule has 2 fully saturated rings. The molecule has 0 aromatic carbocycles. The predicted octanol–water partition coefficient (Wildman–Crippen LogP) is 2.32. The molecule has 2 unspecified atom stereocenters. The van der Waals surface area contributed by atoms with Gasteiger partial charge in [0.05, 0.1) is 6.10 Å². The molecule has 0 saturated heterocycles. The standard InChI is InChI=1S/C13H25NO/c1-13(2)11(8-12(13)15)14-9-10-6-4-3-5-7-10/h10-12,14-15H,3-9H2,1-2H3. The van der Waals surface area contributed by atoms with Crippen molar-refractivity contribution in [2.75, 3.05) is 6.54 Å². The molecule has 0 aromatic rings. The fourth-order valence-electron chi connectivity index (χ4n) is 2.95. The molecule has 0 aromatic heterocycles. The zero-order chi connectivity index (χ0) is 10.9. The molecule has 88 valence electrons. The van der Waals surface area contributed by atoms with Gasteiger partial charge in [0.25, 0.3) is 0 Å². The summed E-state index contributed by atoms with van der Waals surface area (Å²) in [4.78, 5) is 0. The van der Waals surface area contributed by atoms with Gasteiger partial charge in [-0.25, -0.2) is 0 Å². The highest BCUT2D eigenvalue weighted by Crippen LogP contribution is 2.40. The van der Waals surface area contributed by atoms with Crippen molar-refractivity contribution in [3.05, 3.63) is 0 Å². The van der Waals surface area contributed by atoms with Gasteiger partial charge in [0.1, 0.15) is 0 Å². The predicted molar refractivity (Wildman–Crippen MR) is 62.8 cm³/mol. The lowest BCUT2D eigenvalue weighted by molar-refractivity contribution is -0.0735. The normalized spacial score (nSPS) is 36.2. The molecule has 2 aliphatic rings. The summed E-state index contributed by atoms with van der Waals surface area (Å²) in [6.07, 6.45) is 7.93. The zero-order valence-electron chi connectivity index (χ0n) is 10.1. The van der Waals surface area contributed by atoms with Gasteiger partial charge in [-0.1, -0.05) is 33.1 Å². The summed E-state index contributed by atoms with van der Waals surface area (Å²) in [5.74, 6) is 0.896. The van der Waals surface area contributed by atoms with E-state index in [1.807, 2.05) is 0 Å². The van der Waals surface area contributed by atoms with E-state index in [1.54, 1.807) is 0 Å². The molecule has 2 aliphatic carbocycles. The molecule has 2 nitrogen and oxygen atoms in total. The first-order valence-electron chi connectivity index (χ1n) is 6.52. The van der Waals surface area contributed by atoms with Gasteiger partial charge >= 0.3 is 0 Å². The first-order valence-corrected chi connectivity index (χ1v) is 6.52. The van der Waals surface area contributed by atoms with Crippen molar-refractivity contribution in [2.24, 2.45) is 11.3 Å². The maximum absolute atomic E-state index is 9.64. The number of hydrogen-bond acceptors (Lipinski definition) is 2. The molecule has 2 saturated carbocycles. The van der Waals surface area contributed by atoms with Crippen molar-refractivity contribution in [3.63, 3.8) is 0 Å². The summed E-state index contributed by atoms with van der Waals surface area (Å²) < 4.78 is 0. The van der Waals surface area contributed by atoms with E-state index < -0.39 is 0 Å². The Kier molecular flexibility index (Phi) is 3.36. The molecule has 0 radical (unpaired) electrons. The quantitative estimate of drug-likeness (QED) is 0.751. The molecule has 2 rings (SSSR count). The summed E-state index contributed by atoms with van der Waals surface area (Å²) in [6, 6.07) is 0.537. The van der Waals surface area contributed by atoms with Crippen molar-refractivity contribution < 1.29 is 5.11 Å². The minimum Gasteiger partial charge on any atom is -0.392 e. The van der Waals surface area contributed by atoms with Crippen molar-refractivity contribution in [2.45, 2.75) is 64.5 Å². The summed E-state index contributed by atoms with van der Waals surface area (Å²) in [6.45, 7) is 5.50. The minimum absolute atomic E-state index is 0.0919. The van der Waals surface area contributed by atoms with E-state index in [1.165, 1.54) is 38.6 Å². The maximum Gasteiger partial charge on any atom is 0.0621 e. The van der Waals surface area contributed by atoms with Crippen LogP contribution in [0.2, 0.25) is 0 Å². The molecule has 0 heterocycles. The average Bonchev–Trinajstić information content (AvgIpc) is 2.25. The highest BCUT2D eigenvalue weighted by atomic mass is 16.3. The van der Waals surface area contributed by atoms with Crippen LogP contribution in [0.25, 0.3) is 0 Å². The Labute approximate surface area is 93.5 Å². The molecular formula is C13H25NO. The second-order valence-corrected chi connectivity index (χ2v) is 6.04. The topological polar surface area (TPSA) is 32.3 Å². The van der Waals surface area contributed by atoms with Gasteiger partial charge in [0, 0.05) is 11.5 Å². The van der Waals surface area contributed by atoms with Crippen molar-refractivity contribution >= 4 is 0 Å². The van der Waals surface area contributed by atoms with Crippen LogP contribution in [-0.2, 0) is 0 Å². The van der Waals surface area contributed by atoms with E-state index in [9.17, 15) is 5.11 Å². The first-order chi connectivity index (χ1) is 7.10. The number of hydrogen-bond donors (Lipinski definition) is 2. The Hall–Kier alpha value is -0.0800. The smallest absolute Gasteiger partial charge is 0.0621 e. The Morgan fingerprint density at radius 1 is 1.20 bits per heavy atom. The van der Waals surface area contributed by atoms with Crippen LogP contribution in [0.5, 0.6) is 0 Å². The fraction of sp³-hybridized carbons (Fsp3) is 1.00. The van der Waals surface area contributed by atoms with E-state index in [2.05, 4.69) is 19.2 Å². The van der Waals surface area contributed by atoms with Crippen LogP contribution in [0, 0.1) is 11.3 Å². The molecule has 15 heavy (non-hydrogen) atoms. The Bertz CT molecular complexity index is 209. The first kappa shape index (κ1) is 11.4. The van der Waals surface area contributed by atoms with Gasteiger partial charge in [-0.15, -0.1) is 0 Å². The Morgan fingerprint density at radius 3 is 2.40 bits per heavy atom. The van der Waals surface area contributed by atoms with Gasteiger partial charge in [-0.2, -0.15) is 0 Å². The van der Waals surface area contributed by atoms with Gasteiger partial charge in [-0.3, -0.25) is 0 Å². The third-order valence-electron chi connectivity index (χ3n) is 4.59. The molecule has 2 N–H and O–H groups in total. The van der Waals surface area contributed by atoms with E-state index in [0.717, 1.165) is 12.3 Å². The van der Waals surface area contributed by atoms with Crippen LogP contribution in [0.4, 0.5) is 0 Å². The number of aliphatic hydroxyl groups excluding tert-OH is 1. The van der Waals surface area contributed by atoms with Gasteiger partial charge in [0.15, 0.2) is 0 Å². The van der Waals surface area contributed by atoms with Crippen LogP contribution >= 0.6 is 0 Å². The van der Waals surface area contributed by atoms with Gasteiger partial charge < -0.3 is 10.4 Å². The lowest BCUT2D eigenvalue weighted by atomic mass is 9.64. The van der Waals surface area contributed by atoms with Crippen molar-refractivity contribution in [1.29, 1.82) is 0 Å². The molecule has 0 bridgehead atoms. The van der Waals surface area contributed by atoms with E-state index >= 15 is 0 Å². The molecule has 0 amide bonds. The van der Waals surface area contributed by atoms with E-state index in [-0.39, 0.29) is 11.5 Å². The Morgan fingerprint density at radius 2 is 1.87 bits per heavy atom. The zero-order valence-corrected chi connectivity index (χ0v) is 10.1. The lowest BCUT2D eigenvalue weighted by Crippen LogP contribution is -2.60. The molecule has 0 spiro atoms. The second-order valence-electron chi connectivity index (χ2n) is 6.04. The number of nitrogens with one attached hydrogen (secondary N) is 1. The minimum atomic E-state index is -0.0960. The third kappa shape index (κ3) is 2.36. The largest absolute Gasteiger partial charge is 0.392 e. The van der Waals surface area contributed by atoms with Crippen LogP contribution in [0.3, 0.4) is 0 Å². The average molecular weight is 211 g/mol. The van der Waals surface area contributed by atoms with Crippen LogP contribution in [-0.4, -0.2) is 23.8 Å². The molecule has 2 atom stereocenters. The highest BCUT2D eigenvalue weighted by Gasteiger charge is 2.46. The number of aliphatic hydroxyl groups is 1. The summed E-state index contributed by atoms with van der Waals surface area (Å²) >= 11 is 0. The third-order valence-corrected chi connectivity index (χ3v) is 4.59. The maximum atomic E-state index is 9.64. The van der Waals surface area contributed by atoms with Crippen LogP contribution < -0.4 is 5.32 Å². The second kappa shape index (κ2) is 4.42. The number of rotatable bonds is 3. The van der Waals surface area contributed by atoms with Crippen molar-refractivity contribution in [3.8, 4) is 0 Å².